The number of aliphatic carboxylic acids is 1. The van der Waals surface area contributed by atoms with Gasteiger partial charge in [-0.15, -0.1) is 0 Å². The van der Waals surface area contributed by atoms with Crippen LogP contribution in [0.5, 0.6) is 5.75 Å². The van der Waals surface area contributed by atoms with E-state index in [-0.39, 0.29) is 18.4 Å². The second-order valence-corrected chi connectivity index (χ2v) is 5.79. The third kappa shape index (κ3) is 2.58. The highest BCUT2D eigenvalue weighted by Gasteiger charge is 2.52. The molecule has 3 rings (SSSR count). The Morgan fingerprint density at radius 1 is 1.14 bits per heavy atom. The third-order valence-electron chi connectivity index (χ3n) is 4.56. The molecule has 1 fully saturated rings. The summed E-state index contributed by atoms with van der Waals surface area (Å²) in [4.78, 5) is 23.7. The first-order valence-corrected chi connectivity index (χ1v) is 7.31. The van der Waals surface area contributed by atoms with E-state index in [0.29, 0.717) is 0 Å². The quantitative estimate of drug-likeness (QED) is 0.667. The molecule has 1 saturated carbocycles. The third-order valence-corrected chi connectivity index (χ3v) is 4.56. The molecule has 1 aromatic carbocycles. The monoisotopic (exact) mass is 302 g/mol. The van der Waals surface area contributed by atoms with E-state index in [1.165, 1.54) is 0 Å². The number of methoxy groups -OCH3 is 1. The largest absolute Gasteiger partial charge is 0.497 e. The second-order valence-electron chi connectivity index (χ2n) is 5.79. The van der Waals surface area contributed by atoms with E-state index in [1.807, 2.05) is 24.3 Å². The molecule has 2 bridgehead atoms. The number of allylic oxidation sites excluding steroid dienone is 2. The highest BCUT2D eigenvalue weighted by atomic mass is 16.5. The maximum atomic E-state index is 12.3. The van der Waals surface area contributed by atoms with Gasteiger partial charge in [0.05, 0.1) is 18.9 Å². The van der Waals surface area contributed by atoms with Gasteiger partial charge in [0.25, 0.3) is 0 Å². The summed E-state index contributed by atoms with van der Waals surface area (Å²) in [6.45, 7) is 0.146. The number of carboxylic acids is 1. The molecular weight excluding hydrogens is 284 g/mol. The Morgan fingerprint density at radius 3 is 2.36 bits per heavy atom. The average molecular weight is 302 g/mol. The van der Waals surface area contributed by atoms with Crippen LogP contribution in [0.15, 0.2) is 36.4 Å². The molecule has 1 N–H and O–H groups in total. The fourth-order valence-electron chi connectivity index (χ4n) is 3.45. The van der Waals surface area contributed by atoms with Crippen molar-refractivity contribution < 1.29 is 24.2 Å². The van der Waals surface area contributed by atoms with Gasteiger partial charge in [0.15, 0.2) is 0 Å². The van der Waals surface area contributed by atoms with Gasteiger partial charge in [0, 0.05) is 0 Å². The van der Waals surface area contributed by atoms with E-state index in [2.05, 4.69) is 0 Å². The van der Waals surface area contributed by atoms with Crippen LogP contribution < -0.4 is 4.74 Å². The Morgan fingerprint density at radius 2 is 1.77 bits per heavy atom. The Hall–Kier alpha value is -2.30. The lowest BCUT2D eigenvalue weighted by molar-refractivity contribution is -0.159. The van der Waals surface area contributed by atoms with E-state index < -0.39 is 23.8 Å². The molecule has 0 amide bonds. The van der Waals surface area contributed by atoms with Crippen LogP contribution in [0, 0.1) is 23.7 Å². The van der Waals surface area contributed by atoms with Crippen LogP contribution in [0.2, 0.25) is 0 Å². The number of benzene rings is 1. The first-order chi connectivity index (χ1) is 10.6. The lowest BCUT2D eigenvalue weighted by Crippen LogP contribution is -2.34. The Labute approximate surface area is 128 Å². The van der Waals surface area contributed by atoms with Gasteiger partial charge in [-0.1, -0.05) is 24.3 Å². The van der Waals surface area contributed by atoms with Gasteiger partial charge < -0.3 is 14.6 Å². The zero-order valence-electron chi connectivity index (χ0n) is 12.3. The lowest BCUT2D eigenvalue weighted by atomic mass is 9.83. The highest BCUT2D eigenvalue weighted by Crippen LogP contribution is 2.48. The van der Waals surface area contributed by atoms with Crippen LogP contribution in [0.3, 0.4) is 0 Å². The minimum atomic E-state index is -0.914. The second kappa shape index (κ2) is 5.83. The summed E-state index contributed by atoms with van der Waals surface area (Å²) in [5, 5.41) is 9.34. The van der Waals surface area contributed by atoms with Crippen LogP contribution in [0.25, 0.3) is 0 Å². The number of fused-ring (bicyclic) bond motifs is 2. The molecule has 4 atom stereocenters. The molecule has 116 valence electrons. The Balaban J connectivity index is 1.64. The van der Waals surface area contributed by atoms with Crippen molar-refractivity contribution in [1.82, 2.24) is 0 Å². The molecule has 0 aliphatic heterocycles. The number of carboxylic acid groups (broad SMARTS) is 1. The van der Waals surface area contributed by atoms with Gasteiger partial charge in [-0.25, -0.2) is 0 Å². The fraction of sp³-hybridized carbons (Fsp3) is 0.412. The summed E-state index contributed by atoms with van der Waals surface area (Å²) in [5.74, 6) is -1.86. The zero-order valence-corrected chi connectivity index (χ0v) is 12.3. The van der Waals surface area contributed by atoms with Gasteiger partial charge in [0.1, 0.15) is 12.4 Å². The maximum Gasteiger partial charge on any atom is 0.310 e. The summed E-state index contributed by atoms with van der Waals surface area (Å²) < 4.78 is 10.4. The molecule has 2 aliphatic rings. The van der Waals surface area contributed by atoms with Crippen LogP contribution >= 0.6 is 0 Å². The van der Waals surface area contributed by atoms with Gasteiger partial charge in [-0.3, -0.25) is 9.59 Å². The number of hydrogen-bond donors (Lipinski definition) is 1. The number of carbonyl (C=O) groups is 2. The predicted octanol–water partition coefficient (Wildman–Crippen LogP) is 2.26. The highest BCUT2D eigenvalue weighted by molar-refractivity contribution is 5.83. The first-order valence-electron chi connectivity index (χ1n) is 7.31. The van der Waals surface area contributed by atoms with Crippen LogP contribution in [0.1, 0.15) is 12.0 Å². The van der Waals surface area contributed by atoms with E-state index in [0.717, 1.165) is 17.7 Å². The van der Waals surface area contributed by atoms with Gasteiger partial charge in [-0.2, -0.15) is 0 Å². The SMILES string of the molecule is COc1ccc(COC(=O)C2C3C=CC(C3)[C@H]2C(=O)O)cc1. The predicted molar refractivity (Wildman–Crippen MR) is 78.1 cm³/mol. The van der Waals surface area contributed by atoms with Gasteiger partial charge in [-0.05, 0) is 36.0 Å². The molecule has 0 heterocycles. The number of ether oxygens (including phenoxy) is 2. The summed E-state index contributed by atoms with van der Waals surface area (Å²) in [5.41, 5.74) is 0.847. The van der Waals surface area contributed by atoms with Crippen LogP contribution in [-0.4, -0.2) is 24.2 Å². The number of rotatable bonds is 5. The van der Waals surface area contributed by atoms with Gasteiger partial charge in [0.2, 0.25) is 0 Å². The maximum absolute atomic E-state index is 12.3. The van der Waals surface area contributed by atoms with E-state index in [1.54, 1.807) is 19.2 Å². The van der Waals surface area contributed by atoms with Crippen molar-refractivity contribution in [1.29, 1.82) is 0 Å². The van der Waals surface area contributed by atoms with Crippen molar-refractivity contribution in [2.24, 2.45) is 23.7 Å². The van der Waals surface area contributed by atoms with Crippen molar-refractivity contribution in [3.05, 3.63) is 42.0 Å². The summed E-state index contributed by atoms with van der Waals surface area (Å²) >= 11 is 0. The van der Waals surface area contributed by atoms with E-state index in [9.17, 15) is 14.7 Å². The zero-order chi connectivity index (χ0) is 15.7. The van der Waals surface area contributed by atoms with Crippen LogP contribution in [-0.2, 0) is 20.9 Å². The lowest BCUT2D eigenvalue weighted by Gasteiger charge is -2.23. The fourth-order valence-corrected chi connectivity index (χ4v) is 3.45. The summed E-state index contributed by atoms with van der Waals surface area (Å²) in [6.07, 6.45) is 4.60. The van der Waals surface area contributed by atoms with E-state index >= 15 is 0 Å². The average Bonchev–Trinajstić information content (AvgIpc) is 3.14. The molecule has 0 spiro atoms. The standard InChI is InChI=1S/C17H18O5/c1-21-13-6-2-10(3-7-13)9-22-17(20)15-12-5-4-11(8-12)14(15)16(18)19/h2-7,11-12,14-15H,8-9H2,1H3,(H,18,19)/t11?,12?,14-,15?/m1/s1. The van der Waals surface area contributed by atoms with E-state index in [4.69, 9.17) is 9.47 Å². The van der Waals surface area contributed by atoms with Gasteiger partial charge >= 0.3 is 11.9 Å². The normalized spacial score (nSPS) is 28.6. The minimum Gasteiger partial charge on any atom is -0.497 e. The number of hydrogen-bond acceptors (Lipinski definition) is 4. The number of esters is 1. The molecule has 22 heavy (non-hydrogen) atoms. The Kier molecular flexibility index (Phi) is 3.88. The molecule has 0 aromatic heterocycles. The molecule has 5 nitrogen and oxygen atoms in total. The molecule has 1 aromatic rings. The topological polar surface area (TPSA) is 72.8 Å². The van der Waals surface area contributed by atoms with Crippen molar-refractivity contribution in [2.45, 2.75) is 13.0 Å². The number of carbonyl (C=O) groups excluding carboxylic acids is 1. The molecule has 0 radical (unpaired) electrons. The smallest absolute Gasteiger partial charge is 0.310 e. The first kappa shape index (κ1) is 14.6. The van der Waals surface area contributed by atoms with Crippen molar-refractivity contribution in [2.75, 3.05) is 7.11 Å². The Bertz CT molecular complexity index is 604. The van der Waals surface area contributed by atoms with Crippen molar-refractivity contribution in [3.63, 3.8) is 0 Å². The van der Waals surface area contributed by atoms with Crippen LogP contribution in [0.4, 0.5) is 0 Å². The summed E-state index contributed by atoms with van der Waals surface area (Å²) in [7, 11) is 1.59. The summed E-state index contributed by atoms with van der Waals surface area (Å²) in [6, 6.07) is 7.23. The molecular formula is C17H18O5. The molecule has 3 unspecified atom stereocenters. The molecule has 2 aliphatic carbocycles. The molecule has 5 heteroatoms. The molecule has 0 saturated heterocycles. The minimum absolute atomic E-state index is 0.00512. The van der Waals surface area contributed by atoms with Crippen molar-refractivity contribution in [3.8, 4) is 5.75 Å². The van der Waals surface area contributed by atoms with Crippen molar-refractivity contribution >= 4 is 11.9 Å².